The smallest absolute Gasteiger partial charge is 0.100 e. The van der Waals surface area contributed by atoms with E-state index in [2.05, 4.69) is 520 Å². The minimum Gasteiger partial charge on any atom is -0.311 e. The van der Waals surface area contributed by atoms with Gasteiger partial charge in [-0.1, -0.05) is 288 Å². The van der Waals surface area contributed by atoms with Gasteiger partial charge in [0.25, 0.3) is 0 Å². The second kappa shape index (κ2) is 35.9. The molecule has 18 aromatic rings. The van der Waals surface area contributed by atoms with Crippen LogP contribution in [0.3, 0.4) is 0 Å². The Labute approximate surface area is 719 Å². The fourth-order valence-electron chi connectivity index (χ4n) is 15.6. The second-order valence-electron chi connectivity index (χ2n) is 31.2. The van der Waals surface area contributed by atoms with Gasteiger partial charge in [0, 0.05) is 83.5 Å². The van der Waals surface area contributed by atoms with Crippen LogP contribution in [0.4, 0.5) is 68.2 Å². The van der Waals surface area contributed by atoms with Crippen LogP contribution >= 0.6 is 15.9 Å². The van der Waals surface area contributed by atoms with Crippen molar-refractivity contribution in [3.8, 4) is 6.07 Å². The number of hydrogen-bond acceptors (Lipinski definition) is 5. The van der Waals surface area contributed by atoms with Gasteiger partial charge in [-0.05, 0) is 316 Å². The third kappa shape index (κ3) is 18.3. The number of benzene rings is 18. The van der Waals surface area contributed by atoms with Crippen LogP contribution in [0.2, 0.25) is 0 Å². The Hall–Kier alpha value is -14.9. The van der Waals surface area contributed by atoms with Gasteiger partial charge in [-0.3, -0.25) is 0 Å². The summed E-state index contributed by atoms with van der Waals surface area (Å²) in [5, 5.41) is 19.3. The van der Waals surface area contributed by atoms with Crippen LogP contribution in [0.25, 0.3) is 91.7 Å². The van der Waals surface area contributed by atoms with E-state index in [9.17, 15) is 5.26 Å². The Morgan fingerprint density at radius 3 is 0.702 bits per heavy atom. The maximum atomic E-state index is 10.5. The SMILES string of the molecule is Cc1ccc(N(c2ccc(C)cc2)c2ccc(C=Cc3ccc4c(C#N)c5cc(C=Cc6ccc(N(c7ccc(C)cc7)c7ccc(C)cc7)cc6)ccc5cc4c3)cc2)cc1.Cc1ccc(N(c2ccccc2)c2ccc(C=Cc3ccc4c(Br)c5cc(C=Cc6ccc(N(c7ccccc7)c7ccc(C)cc7)cc6)ccc5cc4c3)cc2)cc1. The van der Waals surface area contributed by atoms with Gasteiger partial charge in [-0.2, -0.15) is 5.26 Å². The number of halogens is 1. The Morgan fingerprint density at radius 2 is 0.413 bits per heavy atom. The van der Waals surface area contributed by atoms with E-state index in [0.29, 0.717) is 5.56 Å². The first-order valence-electron chi connectivity index (χ1n) is 41.1. The average molecular weight is 1620 g/mol. The molecule has 0 bridgehead atoms. The molecule has 0 saturated carbocycles. The molecule has 0 N–H and O–H groups in total. The Bertz CT molecular complexity index is 6780. The molecule has 0 amide bonds. The first-order chi connectivity index (χ1) is 59.2. The van der Waals surface area contributed by atoms with Gasteiger partial charge in [0.1, 0.15) is 6.07 Å². The van der Waals surface area contributed by atoms with E-state index in [1.165, 1.54) is 54.9 Å². The predicted molar refractivity (Wildman–Crippen MR) is 524 cm³/mol. The fourth-order valence-corrected chi connectivity index (χ4v) is 16.3. The van der Waals surface area contributed by atoms with Gasteiger partial charge >= 0.3 is 0 Å². The topological polar surface area (TPSA) is 36.8 Å². The lowest BCUT2D eigenvalue weighted by Crippen LogP contribution is -2.09. The van der Waals surface area contributed by atoms with Crippen molar-refractivity contribution in [3.63, 3.8) is 0 Å². The average Bonchev–Trinajstić information content (AvgIpc) is 0.771. The van der Waals surface area contributed by atoms with Crippen molar-refractivity contribution in [1.82, 2.24) is 0 Å². The summed E-state index contributed by atoms with van der Waals surface area (Å²) in [4.78, 5) is 9.17. The van der Waals surface area contributed by atoms with Crippen molar-refractivity contribution >= 4 is 176 Å². The largest absolute Gasteiger partial charge is 0.311 e. The number of fused-ring (bicyclic) bond motifs is 4. The highest BCUT2D eigenvalue weighted by atomic mass is 79.9. The highest BCUT2D eigenvalue weighted by Crippen LogP contribution is 2.42. The van der Waals surface area contributed by atoms with Crippen LogP contribution in [0, 0.1) is 52.9 Å². The quantitative estimate of drug-likeness (QED) is 0.0561. The molecule has 18 rings (SSSR count). The van der Waals surface area contributed by atoms with Crippen LogP contribution < -0.4 is 19.6 Å². The van der Waals surface area contributed by atoms with Crippen molar-refractivity contribution in [2.24, 2.45) is 0 Å². The lowest BCUT2D eigenvalue weighted by Gasteiger charge is -2.25. The first kappa shape index (κ1) is 78.6. The van der Waals surface area contributed by atoms with E-state index in [4.69, 9.17) is 0 Å². The Balaban J connectivity index is 0.000000173. The van der Waals surface area contributed by atoms with Gasteiger partial charge in [0.05, 0.1) is 5.56 Å². The summed E-state index contributed by atoms with van der Waals surface area (Å²) >= 11 is 3.98. The summed E-state index contributed by atoms with van der Waals surface area (Å²) in [5.41, 5.74) is 30.6. The van der Waals surface area contributed by atoms with Crippen molar-refractivity contribution in [2.45, 2.75) is 41.5 Å². The van der Waals surface area contributed by atoms with Gasteiger partial charge in [-0.25, -0.2) is 0 Å². The summed E-state index contributed by atoms with van der Waals surface area (Å²) in [6.45, 7) is 12.7. The minimum atomic E-state index is 0.697. The number of rotatable bonds is 20. The van der Waals surface area contributed by atoms with E-state index in [1.54, 1.807) is 0 Å². The highest BCUT2D eigenvalue weighted by molar-refractivity contribution is 9.10. The number of nitrogens with zero attached hydrogens (tertiary/aromatic N) is 5. The lowest BCUT2D eigenvalue weighted by molar-refractivity contribution is 1.27. The summed E-state index contributed by atoms with van der Waals surface area (Å²) in [5.74, 6) is 0. The molecular formula is C115H90BrN5. The highest BCUT2D eigenvalue weighted by Gasteiger charge is 2.19. The zero-order chi connectivity index (χ0) is 82.7. The monoisotopic (exact) mass is 1620 g/mol. The molecular weight excluding hydrogens is 1530 g/mol. The molecule has 18 aromatic carbocycles. The maximum absolute atomic E-state index is 10.5. The van der Waals surface area contributed by atoms with Crippen LogP contribution in [0.5, 0.6) is 0 Å². The third-order valence-electron chi connectivity index (χ3n) is 22.3. The van der Waals surface area contributed by atoms with Gasteiger partial charge in [0.15, 0.2) is 0 Å². The summed E-state index contributed by atoms with van der Waals surface area (Å²) in [6.07, 6.45) is 17.3. The van der Waals surface area contributed by atoms with Crippen LogP contribution in [-0.4, -0.2) is 0 Å². The predicted octanol–water partition coefficient (Wildman–Crippen LogP) is 33.0. The molecule has 5 nitrogen and oxygen atoms in total. The van der Waals surface area contributed by atoms with E-state index >= 15 is 0 Å². The third-order valence-corrected chi connectivity index (χ3v) is 23.2. The number of para-hydroxylation sites is 2. The zero-order valence-electron chi connectivity index (χ0n) is 68.7. The lowest BCUT2D eigenvalue weighted by atomic mass is 9.94. The fraction of sp³-hybridized carbons (Fsp3) is 0.0522. The van der Waals surface area contributed by atoms with Crippen molar-refractivity contribution < 1.29 is 0 Å². The molecule has 0 aromatic heterocycles. The van der Waals surface area contributed by atoms with E-state index in [-0.39, 0.29) is 0 Å². The summed E-state index contributed by atoms with van der Waals surface area (Å²) in [7, 11) is 0. The molecule has 6 heteroatoms. The molecule has 121 heavy (non-hydrogen) atoms. The van der Waals surface area contributed by atoms with E-state index in [1.807, 2.05) is 0 Å². The van der Waals surface area contributed by atoms with Gasteiger partial charge in [0.2, 0.25) is 0 Å². The van der Waals surface area contributed by atoms with Crippen LogP contribution in [0.1, 0.15) is 83.5 Å². The number of aryl methyl sites for hydroxylation is 6. The standard InChI is InChI=1S/C59H47N3.C56H43BrN2/c1-41-5-24-51(25-6-41)61(52-26-7-42(2)8-27-52)55-32-18-45(19-33-55)13-15-47-22-36-57-50(37-47)39-49-23-17-48(38-58(49)59(57)40-60)16-14-46-20-34-56(35-21-46)62(53-28-9-43(3)10-29-53)54-30-11-44(4)12-31-54;1-40-13-28-50(29-14-40)58(48-9-5-3-6-10-48)52-32-22-42(23-33-52)17-19-44-26-36-54-47(37-44)39-46-27-21-45(38-55(46)56(54)57)20-18-43-24-34-53(35-25-43)59(49-11-7-4-8-12-49)51-30-15-41(2)16-31-51/h5-39H,1-4H3;3-39H,1-2H3. The molecule has 0 saturated heterocycles. The van der Waals surface area contributed by atoms with Gasteiger partial charge < -0.3 is 19.6 Å². The molecule has 0 unspecified atom stereocenters. The second-order valence-corrected chi connectivity index (χ2v) is 32.0. The first-order valence-corrected chi connectivity index (χ1v) is 41.9. The molecule has 0 spiro atoms. The van der Waals surface area contributed by atoms with E-state index < -0.39 is 0 Å². The molecule has 582 valence electrons. The summed E-state index contributed by atoms with van der Waals surface area (Å²) in [6, 6.07) is 141. The minimum absolute atomic E-state index is 0.697. The molecule has 0 aliphatic heterocycles. The molecule has 0 fully saturated rings. The Morgan fingerprint density at radius 1 is 0.198 bits per heavy atom. The van der Waals surface area contributed by atoms with E-state index in [0.717, 1.165) is 139 Å². The van der Waals surface area contributed by atoms with Crippen LogP contribution in [0.15, 0.2) is 393 Å². The van der Waals surface area contributed by atoms with Gasteiger partial charge in [-0.15, -0.1) is 0 Å². The molecule has 0 aliphatic carbocycles. The van der Waals surface area contributed by atoms with Crippen LogP contribution in [-0.2, 0) is 0 Å². The van der Waals surface area contributed by atoms with Crippen molar-refractivity contribution in [2.75, 3.05) is 19.6 Å². The molecule has 0 atom stereocenters. The normalized spacial score (nSPS) is 11.5. The van der Waals surface area contributed by atoms with Crippen molar-refractivity contribution in [1.29, 1.82) is 5.26 Å². The Kier molecular flexibility index (Phi) is 23.3. The number of hydrogen-bond donors (Lipinski definition) is 0. The zero-order valence-corrected chi connectivity index (χ0v) is 70.3. The van der Waals surface area contributed by atoms with Crippen molar-refractivity contribution in [3.05, 3.63) is 476 Å². The number of nitriles is 1. The summed E-state index contributed by atoms with van der Waals surface area (Å²) < 4.78 is 1.12. The number of anilines is 12. The molecule has 0 heterocycles. The molecule has 0 aliphatic rings. The maximum Gasteiger partial charge on any atom is 0.100 e. The molecule has 0 radical (unpaired) electrons.